The quantitative estimate of drug-likeness (QED) is 0.192. The lowest BCUT2D eigenvalue weighted by Gasteiger charge is -2.15. The van der Waals surface area contributed by atoms with Gasteiger partial charge in [-0.3, -0.25) is 9.59 Å². The molecule has 3 aromatic rings. The van der Waals surface area contributed by atoms with Crippen molar-refractivity contribution in [3.05, 3.63) is 83.3 Å². The summed E-state index contributed by atoms with van der Waals surface area (Å²) in [6, 6.07) is 22.3. The standard InChI is InChI=1S/C26H27BrN2O5S2/c27-21-13-9-19(10-14-21)20-11-15-23(16-12-20)36(33,34)29-24(26(31)32)8-4-5-17-28-25(30)18-35-22-6-2-1-3-7-22/h1-3,6-7,9-16,24,29H,4-5,8,17-18H2,(H,28,30)(H,31,32). The Morgan fingerprint density at radius 2 is 1.50 bits per heavy atom. The van der Waals surface area contributed by atoms with Gasteiger partial charge in [0.1, 0.15) is 6.04 Å². The molecule has 3 aromatic carbocycles. The first kappa shape index (κ1) is 27.9. The number of amides is 1. The summed E-state index contributed by atoms with van der Waals surface area (Å²) in [4.78, 5) is 24.6. The average Bonchev–Trinajstić information content (AvgIpc) is 2.87. The monoisotopic (exact) mass is 590 g/mol. The maximum absolute atomic E-state index is 12.8. The molecule has 190 valence electrons. The molecule has 0 aromatic heterocycles. The number of carbonyl (C=O) groups is 2. The molecule has 0 fully saturated rings. The molecule has 1 unspecified atom stereocenters. The van der Waals surface area contributed by atoms with Gasteiger partial charge in [-0.2, -0.15) is 4.72 Å². The Hall–Kier alpha value is -2.66. The smallest absolute Gasteiger partial charge is 0.321 e. The van der Waals surface area contributed by atoms with Crippen LogP contribution in [0.1, 0.15) is 19.3 Å². The van der Waals surface area contributed by atoms with Gasteiger partial charge in [0, 0.05) is 15.9 Å². The number of thioether (sulfide) groups is 1. The number of nitrogens with one attached hydrogen (secondary N) is 2. The normalized spacial score (nSPS) is 12.1. The Kier molecular flexibility index (Phi) is 10.5. The van der Waals surface area contributed by atoms with Crippen molar-refractivity contribution in [2.24, 2.45) is 0 Å². The van der Waals surface area contributed by atoms with Crippen LogP contribution in [0.4, 0.5) is 0 Å². The predicted octanol–water partition coefficient (Wildman–Crippen LogP) is 4.93. The zero-order valence-corrected chi connectivity index (χ0v) is 22.6. The third-order valence-corrected chi connectivity index (χ3v) is 8.32. The average molecular weight is 592 g/mol. The zero-order chi connectivity index (χ0) is 26.0. The van der Waals surface area contributed by atoms with Crippen molar-refractivity contribution in [2.75, 3.05) is 12.3 Å². The Balaban J connectivity index is 1.45. The van der Waals surface area contributed by atoms with Crippen LogP contribution in [0.25, 0.3) is 11.1 Å². The summed E-state index contributed by atoms with van der Waals surface area (Å²) in [7, 11) is -4.01. The lowest BCUT2D eigenvalue weighted by Crippen LogP contribution is -2.40. The molecule has 0 saturated heterocycles. The number of halogens is 1. The number of hydrogen-bond acceptors (Lipinski definition) is 5. The van der Waals surface area contributed by atoms with E-state index in [9.17, 15) is 23.1 Å². The first-order valence-corrected chi connectivity index (χ1v) is 14.6. The SMILES string of the molecule is O=C(CSc1ccccc1)NCCCCC(NS(=O)(=O)c1ccc(-c2ccc(Br)cc2)cc1)C(=O)O. The van der Waals surface area contributed by atoms with E-state index in [1.165, 1.54) is 23.9 Å². The number of carbonyl (C=O) groups excluding carboxylic acids is 1. The van der Waals surface area contributed by atoms with Gasteiger partial charge in [0.15, 0.2) is 0 Å². The molecule has 1 amide bonds. The molecule has 1 atom stereocenters. The van der Waals surface area contributed by atoms with Gasteiger partial charge >= 0.3 is 5.97 Å². The van der Waals surface area contributed by atoms with E-state index in [1.54, 1.807) is 12.1 Å². The predicted molar refractivity (Wildman–Crippen MR) is 145 cm³/mol. The zero-order valence-electron chi connectivity index (χ0n) is 19.4. The summed E-state index contributed by atoms with van der Waals surface area (Å²) >= 11 is 4.82. The number of benzene rings is 3. The molecule has 0 saturated carbocycles. The second-order valence-electron chi connectivity index (χ2n) is 7.99. The van der Waals surface area contributed by atoms with Crippen molar-refractivity contribution in [3.63, 3.8) is 0 Å². The summed E-state index contributed by atoms with van der Waals surface area (Å²) in [5.74, 6) is -1.05. The Morgan fingerprint density at radius 3 is 2.11 bits per heavy atom. The van der Waals surface area contributed by atoms with Crippen LogP contribution in [-0.4, -0.2) is 43.7 Å². The number of unbranched alkanes of at least 4 members (excludes halogenated alkanes) is 1. The van der Waals surface area contributed by atoms with E-state index in [1.807, 2.05) is 54.6 Å². The molecular formula is C26H27BrN2O5S2. The maximum Gasteiger partial charge on any atom is 0.321 e. The van der Waals surface area contributed by atoms with Crippen molar-refractivity contribution in [3.8, 4) is 11.1 Å². The number of carboxylic acid groups (broad SMARTS) is 1. The fourth-order valence-electron chi connectivity index (χ4n) is 3.37. The highest BCUT2D eigenvalue weighted by Gasteiger charge is 2.25. The molecule has 0 heterocycles. The van der Waals surface area contributed by atoms with Crippen molar-refractivity contribution in [1.29, 1.82) is 0 Å². The molecule has 3 N–H and O–H groups in total. The van der Waals surface area contributed by atoms with Crippen molar-refractivity contribution < 1.29 is 23.1 Å². The van der Waals surface area contributed by atoms with Gasteiger partial charge < -0.3 is 10.4 Å². The summed E-state index contributed by atoms with van der Waals surface area (Å²) in [6.07, 6.45) is 1.09. The Morgan fingerprint density at radius 1 is 0.889 bits per heavy atom. The van der Waals surface area contributed by atoms with E-state index in [0.29, 0.717) is 25.1 Å². The van der Waals surface area contributed by atoms with Crippen LogP contribution in [0, 0.1) is 0 Å². The molecule has 0 spiro atoms. The first-order chi connectivity index (χ1) is 17.2. The van der Waals surface area contributed by atoms with Crippen molar-refractivity contribution in [1.82, 2.24) is 10.0 Å². The highest BCUT2D eigenvalue weighted by molar-refractivity contribution is 9.10. The molecule has 0 aliphatic heterocycles. The van der Waals surface area contributed by atoms with E-state index in [0.717, 1.165) is 20.5 Å². The van der Waals surface area contributed by atoms with Crippen LogP contribution in [0.15, 0.2) is 93.1 Å². The van der Waals surface area contributed by atoms with E-state index >= 15 is 0 Å². The highest BCUT2D eigenvalue weighted by atomic mass is 79.9. The summed E-state index contributed by atoms with van der Waals surface area (Å²) < 4.78 is 28.8. The third kappa shape index (κ3) is 8.77. The molecule has 0 aliphatic rings. The Bertz CT molecular complexity index is 1250. The molecular weight excluding hydrogens is 564 g/mol. The second-order valence-corrected chi connectivity index (χ2v) is 11.7. The van der Waals surface area contributed by atoms with Gasteiger partial charge in [-0.25, -0.2) is 8.42 Å². The minimum atomic E-state index is -4.01. The molecule has 3 rings (SSSR count). The number of rotatable bonds is 13. The van der Waals surface area contributed by atoms with Gasteiger partial charge in [0.25, 0.3) is 0 Å². The molecule has 7 nitrogen and oxygen atoms in total. The molecule has 0 radical (unpaired) electrons. The Labute approximate surface area is 223 Å². The third-order valence-electron chi connectivity index (χ3n) is 5.29. The molecule has 36 heavy (non-hydrogen) atoms. The number of hydrogen-bond donors (Lipinski definition) is 3. The van der Waals surface area contributed by atoms with Crippen LogP contribution < -0.4 is 10.0 Å². The van der Waals surface area contributed by atoms with Gasteiger partial charge in [-0.15, -0.1) is 11.8 Å². The molecule has 0 aliphatic carbocycles. The van der Waals surface area contributed by atoms with Crippen LogP contribution in [-0.2, 0) is 19.6 Å². The van der Waals surface area contributed by atoms with Crippen LogP contribution >= 0.6 is 27.7 Å². The van der Waals surface area contributed by atoms with E-state index in [2.05, 4.69) is 26.0 Å². The van der Waals surface area contributed by atoms with Crippen LogP contribution in [0.3, 0.4) is 0 Å². The van der Waals surface area contributed by atoms with Crippen LogP contribution in [0.2, 0.25) is 0 Å². The summed E-state index contributed by atoms with van der Waals surface area (Å²) in [5, 5.41) is 12.3. The lowest BCUT2D eigenvalue weighted by atomic mass is 10.1. The van der Waals surface area contributed by atoms with Crippen LogP contribution in [0.5, 0.6) is 0 Å². The van der Waals surface area contributed by atoms with Gasteiger partial charge in [0.05, 0.1) is 10.6 Å². The van der Waals surface area contributed by atoms with E-state index in [-0.39, 0.29) is 17.2 Å². The van der Waals surface area contributed by atoms with Crippen molar-refractivity contribution >= 4 is 49.6 Å². The van der Waals surface area contributed by atoms with E-state index in [4.69, 9.17) is 0 Å². The van der Waals surface area contributed by atoms with Gasteiger partial charge in [-0.1, -0.05) is 58.4 Å². The summed E-state index contributed by atoms with van der Waals surface area (Å²) in [5.41, 5.74) is 1.78. The minimum absolute atomic E-state index is 0.00205. The number of sulfonamides is 1. The fourth-order valence-corrected chi connectivity index (χ4v) is 5.61. The maximum atomic E-state index is 12.8. The van der Waals surface area contributed by atoms with Gasteiger partial charge in [0.2, 0.25) is 15.9 Å². The second kappa shape index (κ2) is 13.6. The largest absolute Gasteiger partial charge is 0.480 e. The first-order valence-electron chi connectivity index (χ1n) is 11.3. The number of carboxylic acids is 1. The van der Waals surface area contributed by atoms with Gasteiger partial charge in [-0.05, 0) is 66.8 Å². The molecule has 10 heteroatoms. The lowest BCUT2D eigenvalue weighted by molar-refractivity contribution is -0.139. The molecule has 0 bridgehead atoms. The number of aliphatic carboxylic acids is 1. The highest BCUT2D eigenvalue weighted by Crippen LogP contribution is 2.23. The van der Waals surface area contributed by atoms with E-state index < -0.39 is 22.0 Å². The topological polar surface area (TPSA) is 113 Å². The summed E-state index contributed by atoms with van der Waals surface area (Å²) in [6.45, 7) is 0.394. The minimum Gasteiger partial charge on any atom is -0.480 e. The fraction of sp³-hybridized carbons (Fsp3) is 0.231. The van der Waals surface area contributed by atoms with Crippen molar-refractivity contribution in [2.45, 2.75) is 35.1 Å².